The van der Waals surface area contributed by atoms with E-state index in [0.29, 0.717) is 11.5 Å². The first-order valence-corrected chi connectivity index (χ1v) is 6.35. The molecule has 2 aromatic rings. The molecular weight excluding hydrogens is 256 g/mol. The van der Waals surface area contributed by atoms with Gasteiger partial charge in [0.15, 0.2) is 5.75 Å². The first-order valence-electron chi connectivity index (χ1n) is 6.35. The van der Waals surface area contributed by atoms with Crippen LogP contribution in [0.4, 0.5) is 4.79 Å². The number of amides is 1. The summed E-state index contributed by atoms with van der Waals surface area (Å²) in [4.78, 5) is 15.8. The van der Waals surface area contributed by atoms with Crippen LogP contribution in [0, 0.1) is 6.92 Å². The van der Waals surface area contributed by atoms with Crippen molar-refractivity contribution < 1.29 is 13.9 Å². The minimum Gasteiger partial charge on any atom is -0.461 e. The smallest absolute Gasteiger partial charge is 0.413 e. The van der Waals surface area contributed by atoms with Crippen molar-refractivity contribution in [3.63, 3.8) is 0 Å². The Labute approximate surface area is 118 Å². The Hall–Kier alpha value is -2.30. The van der Waals surface area contributed by atoms with Crippen molar-refractivity contribution in [1.82, 2.24) is 10.3 Å². The third-order valence-electron chi connectivity index (χ3n) is 2.43. The van der Waals surface area contributed by atoms with Gasteiger partial charge in [-0.25, -0.2) is 4.79 Å². The summed E-state index contributed by atoms with van der Waals surface area (Å²) in [5.74, 6) is 1.88. The Morgan fingerprint density at radius 2 is 2.05 bits per heavy atom. The molecule has 0 saturated heterocycles. The molecule has 0 fully saturated rings. The van der Waals surface area contributed by atoms with Crippen LogP contribution in [0.15, 0.2) is 35.0 Å². The van der Waals surface area contributed by atoms with E-state index >= 15 is 0 Å². The van der Waals surface area contributed by atoms with Gasteiger partial charge in [-0.3, -0.25) is 4.98 Å². The minimum absolute atomic E-state index is 0.347. The lowest BCUT2D eigenvalue weighted by Crippen LogP contribution is -2.42. The quantitative estimate of drug-likeness (QED) is 0.909. The van der Waals surface area contributed by atoms with Crippen molar-refractivity contribution in [2.75, 3.05) is 0 Å². The molecule has 2 heterocycles. The van der Waals surface area contributed by atoms with Crippen LogP contribution in [0.2, 0.25) is 0 Å². The fourth-order valence-corrected chi connectivity index (χ4v) is 1.64. The number of aryl methyl sites for hydroxylation is 1. The summed E-state index contributed by atoms with van der Waals surface area (Å²) >= 11 is 0. The van der Waals surface area contributed by atoms with Gasteiger partial charge in [0.2, 0.25) is 0 Å². The zero-order valence-corrected chi connectivity index (χ0v) is 12.1. The van der Waals surface area contributed by atoms with Crippen LogP contribution in [0.3, 0.4) is 0 Å². The van der Waals surface area contributed by atoms with E-state index in [9.17, 15) is 4.79 Å². The summed E-state index contributed by atoms with van der Waals surface area (Å²) in [5, 5.41) is 2.72. The van der Waals surface area contributed by atoms with Crippen LogP contribution in [0.5, 0.6) is 5.75 Å². The van der Waals surface area contributed by atoms with Crippen LogP contribution < -0.4 is 10.1 Å². The number of ether oxygens (including phenoxy) is 1. The first kappa shape index (κ1) is 14.1. The maximum Gasteiger partial charge on any atom is 0.413 e. The van der Waals surface area contributed by atoms with Gasteiger partial charge in [0.25, 0.3) is 0 Å². The van der Waals surface area contributed by atoms with E-state index in [-0.39, 0.29) is 5.54 Å². The molecule has 1 amide bonds. The van der Waals surface area contributed by atoms with Crippen LogP contribution >= 0.6 is 0 Å². The molecule has 0 atom stereocenters. The molecule has 2 aromatic heterocycles. The van der Waals surface area contributed by atoms with Crippen molar-refractivity contribution >= 4 is 6.09 Å². The molecule has 0 aliphatic carbocycles. The van der Waals surface area contributed by atoms with Gasteiger partial charge >= 0.3 is 6.09 Å². The molecular formula is C15H18N2O3. The summed E-state index contributed by atoms with van der Waals surface area (Å²) in [7, 11) is 0. The van der Waals surface area contributed by atoms with Crippen LogP contribution in [0.1, 0.15) is 26.5 Å². The number of pyridine rings is 1. The molecule has 0 aliphatic rings. The summed E-state index contributed by atoms with van der Waals surface area (Å²) in [6.45, 7) is 7.52. The van der Waals surface area contributed by atoms with Crippen LogP contribution in [-0.4, -0.2) is 16.6 Å². The molecule has 0 saturated carbocycles. The van der Waals surface area contributed by atoms with Crippen LogP contribution in [0.25, 0.3) is 11.3 Å². The normalized spacial score (nSPS) is 11.2. The number of hydrogen-bond donors (Lipinski definition) is 1. The number of furan rings is 1. The molecule has 2 rings (SSSR count). The topological polar surface area (TPSA) is 64.4 Å². The number of carbonyl (C=O) groups excluding carboxylic acids is 1. The lowest BCUT2D eigenvalue weighted by atomic mass is 10.1. The molecule has 0 aromatic carbocycles. The van der Waals surface area contributed by atoms with E-state index in [4.69, 9.17) is 9.15 Å². The predicted molar refractivity (Wildman–Crippen MR) is 75.6 cm³/mol. The van der Waals surface area contributed by atoms with Gasteiger partial charge in [0.1, 0.15) is 11.5 Å². The first-order chi connectivity index (χ1) is 9.33. The Kier molecular flexibility index (Phi) is 3.79. The second-order valence-electron chi connectivity index (χ2n) is 5.58. The third kappa shape index (κ3) is 3.85. The Bertz CT molecular complexity index is 612. The van der Waals surface area contributed by atoms with E-state index < -0.39 is 6.09 Å². The maximum absolute atomic E-state index is 11.7. The molecule has 106 valence electrons. The lowest BCUT2D eigenvalue weighted by Gasteiger charge is -2.19. The van der Waals surface area contributed by atoms with Gasteiger partial charge in [0.05, 0.1) is 6.20 Å². The highest BCUT2D eigenvalue weighted by molar-refractivity contribution is 5.71. The van der Waals surface area contributed by atoms with Gasteiger partial charge < -0.3 is 14.5 Å². The van der Waals surface area contributed by atoms with Crippen molar-refractivity contribution in [1.29, 1.82) is 0 Å². The lowest BCUT2D eigenvalue weighted by molar-refractivity contribution is 0.190. The van der Waals surface area contributed by atoms with E-state index in [1.54, 1.807) is 12.3 Å². The SMILES string of the molecule is Cc1ccc(-c2cncc(OC(=O)NC(C)(C)C)c2)o1. The number of nitrogens with one attached hydrogen (secondary N) is 1. The standard InChI is InChI=1S/C15H18N2O3/c1-10-5-6-13(19-10)11-7-12(9-16-8-11)20-14(18)17-15(2,3)4/h5-9H,1-4H3,(H,17,18). The van der Waals surface area contributed by atoms with Crippen molar-refractivity contribution in [2.45, 2.75) is 33.2 Å². The van der Waals surface area contributed by atoms with E-state index in [2.05, 4.69) is 10.3 Å². The van der Waals surface area contributed by atoms with Gasteiger partial charge in [-0.2, -0.15) is 0 Å². The number of nitrogens with zero attached hydrogens (tertiary/aromatic N) is 1. The van der Waals surface area contributed by atoms with Crippen molar-refractivity contribution in [3.8, 4) is 17.1 Å². The fourth-order valence-electron chi connectivity index (χ4n) is 1.64. The largest absolute Gasteiger partial charge is 0.461 e. The Balaban J connectivity index is 2.12. The molecule has 0 spiro atoms. The molecule has 1 N–H and O–H groups in total. The van der Waals surface area contributed by atoms with Gasteiger partial charge in [-0.05, 0) is 45.9 Å². The molecule has 0 aliphatic heterocycles. The van der Waals surface area contributed by atoms with E-state index in [1.807, 2.05) is 39.8 Å². The highest BCUT2D eigenvalue weighted by Crippen LogP contribution is 2.24. The highest BCUT2D eigenvalue weighted by Gasteiger charge is 2.15. The molecule has 5 nitrogen and oxygen atoms in total. The average molecular weight is 274 g/mol. The number of hydrogen-bond acceptors (Lipinski definition) is 4. The van der Waals surface area contributed by atoms with E-state index in [0.717, 1.165) is 11.3 Å². The second kappa shape index (κ2) is 5.36. The average Bonchev–Trinajstić information content (AvgIpc) is 2.73. The molecule has 5 heteroatoms. The summed E-state index contributed by atoms with van der Waals surface area (Å²) in [6.07, 6.45) is 2.64. The third-order valence-corrected chi connectivity index (χ3v) is 2.43. The van der Waals surface area contributed by atoms with Gasteiger partial charge in [0, 0.05) is 17.3 Å². The fraction of sp³-hybridized carbons (Fsp3) is 0.333. The van der Waals surface area contributed by atoms with Crippen molar-refractivity contribution in [2.24, 2.45) is 0 Å². The van der Waals surface area contributed by atoms with Crippen molar-refractivity contribution in [3.05, 3.63) is 36.4 Å². The second-order valence-corrected chi connectivity index (χ2v) is 5.58. The Morgan fingerprint density at radius 3 is 2.65 bits per heavy atom. The minimum atomic E-state index is -0.507. The maximum atomic E-state index is 11.7. The molecule has 0 unspecified atom stereocenters. The highest BCUT2D eigenvalue weighted by atomic mass is 16.6. The molecule has 0 radical (unpaired) electrons. The van der Waals surface area contributed by atoms with E-state index in [1.165, 1.54) is 6.20 Å². The zero-order chi connectivity index (χ0) is 14.8. The number of carbonyl (C=O) groups is 1. The number of aromatic nitrogens is 1. The monoisotopic (exact) mass is 274 g/mol. The zero-order valence-electron chi connectivity index (χ0n) is 12.1. The summed E-state index contributed by atoms with van der Waals surface area (Å²) in [6, 6.07) is 5.44. The number of rotatable bonds is 2. The van der Waals surface area contributed by atoms with Gasteiger partial charge in [-0.1, -0.05) is 0 Å². The summed E-state index contributed by atoms with van der Waals surface area (Å²) < 4.78 is 10.7. The summed E-state index contributed by atoms with van der Waals surface area (Å²) in [5.41, 5.74) is 0.416. The predicted octanol–water partition coefficient (Wildman–Crippen LogP) is 3.54. The van der Waals surface area contributed by atoms with Crippen LogP contribution in [-0.2, 0) is 0 Å². The Morgan fingerprint density at radius 1 is 1.30 bits per heavy atom. The van der Waals surface area contributed by atoms with Gasteiger partial charge in [-0.15, -0.1) is 0 Å². The molecule has 20 heavy (non-hydrogen) atoms. The molecule has 0 bridgehead atoms.